The van der Waals surface area contributed by atoms with Crippen molar-refractivity contribution < 1.29 is 0 Å². The van der Waals surface area contributed by atoms with Gasteiger partial charge in [-0.05, 0) is 35.9 Å². The fraction of sp³-hybridized carbons (Fsp3) is 0.636. The Hall–Kier alpha value is -0.380. The smallest absolute Gasteiger partial charge is 0.0330 e. The number of fused-ring (bicyclic) bond motifs is 1. The lowest BCUT2D eigenvalue weighted by molar-refractivity contribution is 0.257. The van der Waals surface area contributed by atoms with Crippen molar-refractivity contribution in [2.24, 2.45) is 5.73 Å². The molecule has 0 aromatic carbocycles. The van der Waals surface area contributed by atoms with Crippen LogP contribution in [0.5, 0.6) is 0 Å². The molecular formula is C11H18N2S. The standard InChI is InChI=1S/C11H18N2S/c1-2-4-13-5-3-10-9(6-12)8-14-11(10)7-13/h8H,2-7,12H2,1H3. The van der Waals surface area contributed by atoms with Crippen molar-refractivity contribution in [2.45, 2.75) is 32.9 Å². The summed E-state index contributed by atoms with van der Waals surface area (Å²) >= 11 is 1.88. The van der Waals surface area contributed by atoms with E-state index in [4.69, 9.17) is 5.73 Å². The minimum Gasteiger partial charge on any atom is -0.326 e. The van der Waals surface area contributed by atoms with Gasteiger partial charge in [-0.2, -0.15) is 0 Å². The topological polar surface area (TPSA) is 29.3 Å². The Morgan fingerprint density at radius 1 is 1.57 bits per heavy atom. The van der Waals surface area contributed by atoms with Crippen LogP contribution in [0.3, 0.4) is 0 Å². The Morgan fingerprint density at radius 2 is 2.43 bits per heavy atom. The third-order valence-corrected chi connectivity index (χ3v) is 3.94. The van der Waals surface area contributed by atoms with Crippen molar-refractivity contribution in [3.63, 3.8) is 0 Å². The van der Waals surface area contributed by atoms with E-state index in [1.54, 1.807) is 10.4 Å². The predicted molar refractivity (Wildman–Crippen MR) is 61.5 cm³/mol. The van der Waals surface area contributed by atoms with Crippen LogP contribution in [0, 0.1) is 0 Å². The molecule has 78 valence electrons. The van der Waals surface area contributed by atoms with Crippen LogP contribution in [0.4, 0.5) is 0 Å². The van der Waals surface area contributed by atoms with Crippen molar-refractivity contribution in [1.82, 2.24) is 4.90 Å². The van der Waals surface area contributed by atoms with Gasteiger partial charge in [-0.1, -0.05) is 6.92 Å². The second-order valence-corrected chi connectivity index (χ2v) is 4.86. The van der Waals surface area contributed by atoms with Crippen LogP contribution in [-0.2, 0) is 19.5 Å². The summed E-state index contributed by atoms with van der Waals surface area (Å²) in [6.45, 7) is 6.54. The first-order valence-electron chi connectivity index (χ1n) is 5.35. The molecule has 1 aliphatic rings. The van der Waals surface area contributed by atoms with Gasteiger partial charge < -0.3 is 5.73 Å². The molecule has 0 saturated heterocycles. The lowest BCUT2D eigenvalue weighted by Gasteiger charge is -2.26. The van der Waals surface area contributed by atoms with Crippen LogP contribution < -0.4 is 5.73 Å². The van der Waals surface area contributed by atoms with Crippen LogP contribution in [0.1, 0.15) is 29.3 Å². The Bertz CT molecular complexity index is 306. The molecule has 1 aromatic heterocycles. The molecule has 0 unspecified atom stereocenters. The van der Waals surface area contributed by atoms with E-state index >= 15 is 0 Å². The zero-order chi connectivity index (χ0) is 9.97. The lowest BCUT2D eigenvalue weighted by Crippen LogP contribution is -2.30. The fourth-order valence-corrected chi connectivity index (χ4v) is 3.28. The summed E-state index contributed by atoms with van der Waals surface area (Å²) in [5, 5.41) is 2.24. The van der Waals surface area contributed by atoms with E-state index in [9.17, 15) is 0 Å². The Balaban J connectivity index is 2.12. The molecule has 0 aliphatic carbocycles. The van der Waals surface area contributed by atoms with Crippen molar-refractivity contribution in [3.05, 3.63) is 21.4 Å². The van der Waals surface area contributed by atoms with Gasteiger partial charge >= 0.3 is 0 Å². The second kappa shape index (κ2) is 4.43. The van der Waals surface area contributed by atoms with E-state index in [0.717, 1.165) is 6.54 Å². The van der Waals surface area contributed by atoms with Crippen LogP contribution in [0.25, 0.3) is 0 Å². The number of hydrogen-bond donors (Lipinski definition) is 1. The van der Waals surface area contributed by atoms with Crippen molar-refractivity contribution >= 4 is 11.3 Å². The summed E-state index contributed by atoms with van der Waals surface area (Å²) in [5.41, 5.74) is 8.63. The van der Waals surface area contributed by atoms with Crippen molar-refractivity contribution in [1.29, 1.82) is 0 Å². The molecule has 0 fully saturated rings. The number of hydrogen-bond acceptors (Lipinski definition) is 3. The third kappa shape index (κ3) is 1.85. The molecule has 2 N–H and O–H groups in total. The molecule has 0 amide bonds. The maximum Gasteiger partial charge on any atom is 0.0330 e. The molecule has 1 aliphatic heterocycles. The van der Waals surface area contributed by atoms with E-state index < -0.39 is 0 Å². The highest BCUT2D eigenvalue weighted by molar-refractivity contribution is 7.10. The molecule has 2 nitrogen and oxygen atoms in total. The zero-order valence-corrected chi connectivity index (χ0v) is 9.57. The first-order chi connectivity index (χ1) is 6.85. The number of nitrogens with zero attached hydrogens (tertiary/aromatic N) is 1. The van der Waals surface area contributed by atoms with Crippen LogP contribution in [-0.4, -0.2) is 18.0 Å². The first-order valence-corrected chi connectivity index (χ1v) is 6.23. The molecule has 14 heavy (non-hydrogen) atoms. The molecule has 0 saturated carbocycles. The zero-order valence-electron chi connectivity index (χ0n) is 8.75. The lowest BCUT2D eigenvalue weighted by atomic mass is 10.0. The maximum atomic E-state index is 5.70. The Labute approximate surface area is 89.7 Å². The first kappa shape index (κ1) is 10.1. The maximum absolute atomic E-state index is 5.70. The van der Waals surface area contributed by atoms with E-state index in [0.29, 0.717) is 6.54 Å². The largest absolute Gasteiger partial charge is 0.326 e. The van der Waals surface area contributed by atoms with Crippen molar-refractivity contribution in [2.75, 3.05) is 13.1 Å². The van der Waals surface area contributed by atoms with Gasteiger partial charge in [0.25, 0.3) is 0 Å². The molecule has 0 spiro atoms. The van der Waals surface area contributed by atoms with Gasteiger partial charge in [0.1, 0.15) is 0 Å². The SMILES string of the molecule is CCCN1CCc2c(CN)csc2C1. The predicted octanol–water partition coefficient (Wildman–Crippen LogP) is 1.97. The van der Waals surface area contributed by atoms with Gasteiger partial charge in [-0.15, -0.1) is 11.3 Å². The van der Waals surface area contributed by atoms with Crippen LogP contribution in [0.15, 0.2) is 5.38 Å². The highest BCUT2D eigenvalue weighted by Crippen LogP contribution is 2.28. The molecule has 2 heterocycles. The highest BCUT2D eigenvalue weighted by atomic mass is 32.1. The van der Waals surface area contributed by atoms with Crippen LogP contribution >= 0.6 is 11.3 Å². The highest BCUT2D eigenvalue weighted by Gasteiger charge is 2.19. The van der Waals surface area contributed by atoms with E-state index in [-0.39, 0.29) is 0 Å². The Morgan fingerprint density at radius 3 is 3.14 bits per heavy atom. The molecular weight excluding hydrogens is 192 g/mol. The van der Waals surface area contributed by atoms with Crippen molar-refractivity contribution in [3.8, 4) is 0 Å². The van der Waals surface area contributed by atoms with Gasteiger partial charge in [-0.3, -0.25) is 4.90 Å². The third-order valence-electron chi connectivity index (χ3n) is 2.87. The number of thiophene rings is 1. The summed E-state index contributed by atoms with van der Waals surface area (Å²) in [6, 6.07) is 0. The summed E-state index contributed by atoms with van der Waals surface area (Å²) in [7, 11) is 0. The minimum atomic E-state index is 0.708. The van der Waals surface area contributed by atoms with Gasteiger partial charge in [-0.25, -0.2) is 0 Å². The number of nitrogens with two attached hydrogens (primary N) is 1. The van der Waals surface area contributed by atoms with Gasteiger partial charge in [0.05, 0.1) is 0 Å². The summed E-state index contributed by atoms with van der Waals surface area (Å²) in [6.07, 6.45) is 2.45. The minimum absolute atomic E-state index is 0.708. The number of rotatable bonds is 3. The summed E-state index contributed by atoms with van der Waals surface area (Å²) < 4.78 is 0. The molecule has 1 aromatic rings. The average molecular weight is 210 g/mol. The van der Waals surface area contributed by atoms with Gasteiger partial charge in [0.15, 0.2) is 0 Å². The van der Waals surface area contributed by atoms with Crippen LogP contribution in [0.2, 0.25) is 0 Å². The van der Waals surface area contributed by atoms with Gasteiger partial charge in [0.2, 0.25) is 0 Å². The molecule has 2 rings (SSSR count). The molecule has 0 atom stereocenters. The molecule has 0 bridgehead atoms. The van der Waals surface area contributed by atoms with E-state index in [2.05, 4.69) is 17.2 Å². The normalized spacial score (nSPS) is 17.0. The van der Waals surface area contributed by atoms with E-state index in [1.165, 1.54) is 31.5 Å². The monoisotopic (exact) mass is 210 g/mol. The molecule has 0 radical (unpaired) electrons. The summed E-state index contributed by atoms with van der Waals surface area (Å²) in [4.78, 5) is 4.09. The van der Waals surface area contributed by atoms with E-state index in [1.807, 2.05) is 11.3 Å². The summed E-state index contributed by atoms with van der Waals surface area (Å²) in [5.74, 6) is 0. The fourth-order valence-electron chi connectivity index (χ4n) is 2.13. The second-order valence-electron chi connectivity index (χ2n) is 3.89. The molecule has 3 heteroatoms. The van der Waals surface area contributed by atoms with Gasteiger partial charge in [0, 0.05) is 24.5 Å². The quantitative estimate of drug-likeness (QED) is 0.826. The average Bonchev–Trinajstić information content (AvgIpc) is 2.60. The Kier molecular flexibility index (Phi) is 3.21.